The number of benzene rings is 1. The quantitative estimate of drug-likeness (QED) is 0.875. The first-order valence-corrected chi connectivity index (χ1v) is 7.54. The summed E-state index contributed by atoms with van der Waals surface area (Å²) in [6.07, 6.45) is 2.92. The van der Waals surface area contributed by atoms with Crippen molar-refractivity contribution in [3.8, 4) is 11.5 Å². The smallest absolute Gasteiger partial charge is 0.320 e. The van der Waals surface area contributed by atoms with Crippen LogP contribution >= 0.6 is 0 Å². The number of hydrogen-bond donors (Lipinski definition) is 1. The fourth-order valence-corrected chi connectivity index (χ4v) is 2.60. The van der Waals surface area contributed by atoms with Crippen molar-refractivity contribution in [2.75, 3.05) is 26.8 Å². The summed E-state index contributed by atoms with van der Waals surface area (Å²) in [7, 11) is 1.63. The van der Waals surface area contributed by atoms with Crippen LogP contribution in [0.3, 0.4) is 0 Å². The molecule has 0 aliphatic carbocycles. The summed E-state index contributed by atoms with van der Waals surface area (Å²) in [5, 5.41) is 9.07. The second-order valence-corrected chi connectivity index (χ2v) is 5.29. The minimum absolute atomic E-state index is 0.451. The van der Waals surface area contributed by atoms with Gasteiger partial charge in [0.2, 0.25) is 0 Å². The topological polar surface area (TPSA) is 59.0 Å². The van der Waals surface area contributed by atoms with Crippen LogP contribution in [0.1, 0.15) is 25.8 Å². The zero-order chi connectivity index (χ0) is 16.1. The van der Waals surface area contributed by atoms with E-state index in [1.54, 1.807) is 14.0 Å². The molecule has 120 valence electrons. The van der Waals surface area contributed by atoms with E-state index >= 15 is 0 Å². The first kappa shape index (κ1) is 16.4. The van der Waals surface area contributed by atoms with Crippen LogP contribution in [0.25, 0.3) is 5.57 Å². The second-order valence-electron chi connectivity index (χ2n) is 5.29. The first-order chi connectivity index (χ1) is 10.6. The van der Waals surface area contributed by atoms with Crippen LogP contribution in [0.4, 0.5) is 0 Å². The Morgan fingerprint density at radius 3 is 2.73 bits per heavy atom. The average molecular weight is 305 g/mol. The van der Waals surface area contributed by atoms with E-state index < -0.39 is 12.0 Å². The molecule has 1 unspecified atom stereocenters. The van der Waals surface area contributed by atoms with Gasteiger partial charge in [0.1, 0.15) is 6.04 Å². The van der Waals surface area contributed by atoms with Crippen LogP contribution in [0.5, 0.6) is 11.5 Å². The second kappa shape index (κ2) is 7.31. The van der Waals surface area contributed by atoms with Crippen molar-refractivity contribution >= 4 is 11.5 Å². The van der Waals surface area contributed by atoms with Gasteiger partial charge in [-0.1, -0.05) is 12.1 Å². The van der Waals surface area contributed by atoms with Crippen molar-refractivity contribution in [3.05, 3.63) is 29.8 Å². The van der Waals surface area contributed by atoms with Gasteiger partial charge in [-0.2, -0.15) is 0 Å². The van der Waals surface area contributed by atoms with E-state index in [0.29, 0.717) is 13.2 Å². The van der Waals surface area contributed by atoms with Crippen LogP contribution in [0, 0.1) is 0 Å². The Morgan fingerprint density at radius 1 is 1.41 bits per heavy atom. The molecule has 0 radical (unpaired) electrons. The summed E-state index contributed by atoms with van der Waals surface area (Å²) in [5.74, 6) is 0.687. The summed E-state index contributed by atoms with van der Waals surface area (Å²) in [4.78, 5) is 13.0. The molecule has 1 aliphatic rings. The van der Waals surface area contributed by atoms with Crippen molar-refractivity contribution in [1.29, 1.82) is 0 Å². The minimum atomic E-state index is -0.778. The Kier molecular flexibility index (Phi) is 5.44. The highest BCUT2D eigenvalue weighted by Crippen LogP contribution is 2.32. The zero-order valence-corrected chi connectivity index (χ0v) is 13.3. The number of aliphatic carboxylic acids is 1. The van der Waals surface area contributed by atoms with Crippen LogP contribution in [0.15, 0.2) is 24.3 Å². The Labute approximate surface area is 131 Å². The summed E-state index contributed by atoms with van der Waals surface area (Å²) in [6, 6.07) is 5.47. The Hall–Kier alpha value is -2.01. The predicted octanol–water partition coefficient (Wildman–Crippen LogP) is 2.66. The maximum Gasteiger partial charge on any atom is 0.320 e. The molecule has 1 N–H and O–H groups in total. The largest absolute Gasteiger partial charge is 0.493 e. The lowest BCUT2D eigenvalue weighted by Gasteiger charge is -2.29. The summed E-state index contributed by atoms with van der Waals surface area (Å²) in [6.45, 7) is 5.66. The molecule has 5 nitrogen and oxygen atoms in total. The number of rotatable bonds is 6. The van der Waals surface area contributed by atoms with E-state index in [1.807, 2.05) is 30.0 Å². The number of carbonyl (C=O) groups is 1. The SMILES string of the molecule is CCOc1ccc(C2=CCN(C(C)C(=O)O)CC2)cc1OC. The molecule has 0 fully saturated rings. The fraction of sp³-hybridized carbons (Fsp3) is 0.471. The summed E-state index contributed by atoms with van der Waals surface area (Å²) >= 11 is 0. The predicted molar refractivity (Wildman–Crippen MR) is 85.4 cm³/mol. The standard InChI is InChI=1S/C17H23NO4/c1-4-22-15-6-5-14(11-16(15)21-3)13-7-9-18(10-8-13)12(2)17(19)20/h5-7,11-12H,4,8-10H2,1-3H3,(H,19,20). The highest BCUT2D eigenvalue weighted by molar-refractivity contribution is 5.74. The van der Waals surface area contributed by atoms with Gasteiger partial charge in [0.25, 0.3) is 0 Å². The molecule has 0 bridgehead atoms. The third-order valence-corrected chi connectivity index (χ3v) is 3.98. The van der Waals surface area contributed by atoms with Crippen molar-refractivity contribution in [2.45, 2.75) is 26.3 Å². The molecule has 0 aromatic heterocycles. The van der Waals surface area contributed by atoms with E-state index in [-0.39, 0.29) is 0 Å². The van der Waals surface area contributed by atoms with Crippen molar-refractivity contribution in [2.24, 2.45) is 0 Å². The fourth-order valence-electron chi connectivity index (χ4n) is 2.60. The molecule has 1 heterocycles. The lowest BCUT2D eigenvalue weighted by atomic mass is 9.98. The number of carboxylic acid groups (broad SMARTS) is 1. The average Bonchev–Trinajstić information content (AvgIpc) is 2.55. The molecule has 0 saturated carbocycles. The molecule has 1 atom stereocenters. The first-order valence-electron chi connectivity index (χ1n) is 7.54. The molecule has 0 saturated heterocycles. The van der Waals surface area contributed by atoms with Gasteiger partial charge in [-0.3, -0.25) is 9.69 Å². The third kappa shape index (κ3) is 3.60. The Bertz CT molecular complexity index is 568. The number of carboxylic acids is 1. The van der Waals surface area contributed by atoms with Crippen LogP contribution < -0.4 is 9.47 Å². The monoisotopic (exact) mass is 305 g/mol. The van der Waals surface area contributed by atoms with E-state index in [2.05, 4.69) is 6.08 Å². The molecule has 22 heavy (non-hydrogen) atoms. The van der Waals surface area contributed by atoms with Crippen LogP contribution in [-0.2, 0) is 4.79 Å². The molecule has 2 rings (SSSR count). The van der Waals surface area contributed by atoms with Crippen molar-refractivity contribution < 1.29 is 19.4 Å². The maximum absolute atomic E-state index is 11.0. The lowest BCUT2D eigenvalue weighted by Crippen LogP contribution is -2.41. The summed E-state index contributed by atoms with van der Waals surface area (Å²) in [5.41, 5.74) is 2.32. The number of methoxy groups -OCH3 is 1. The van der Waals surface area contributed by atoms with E-state index in [1.165, 1.54) is 5.57 Å². The highest BCUT2D eigenvalue weighted by Gasteiger charge is 2.23. The molecule has 0 amide bonds. The van der Waals surface area contributed by atoms with Gasteiger partial charge in [-0.05, 0) is 43.5 Å². The van der Waals surface area contributed by atoms with Gasteiger partial charge in [0, 0.05) is 13.1 Å². The van der Waals surface area contributed by atoms with Crippen LogP contribution in [-0.4, -0.2) is 48.8 Å². The third-order valence-electron chi connectivity index (χ3n) is 3.98. The maximum atomic E-state index is 11.0. The van der Waals surface area contributed by atoms with Gasteiger partial charge in [-0.25, -0.2) is 0 Å². The van der Waals surface area contributed by atoms with E-state index in [4.69, 9.17) is 14.6 Å². The molecule has 1 aromatic carbocycles. The van der Waals surface area contributed by atoms with E-state index in [9.17, 15) is 4.79 Å². The molecular formula is C17H23NO4. The van der Waals surface area contributed by atoms with E-state index in [0.717, 1.165) is 30.0 Å². The zero-order valence-electron chi connectivity index (χ0n) is 13.3. The molecule has 0 spiro atoms. The van der Waals surface area contributed by atoms with Crippen LogP contribution in [0.2, 0.25) is 0 Å². The van der Waals surface area contributed by atoms with Gasteiger partial charge in [-0.15, -0.1) is 0 Å². The van der Waals surface area contributed by atoms with Gasteiger partial charge in [0.05, 0.1) is 13.7 Å². The van der Waals surface area contributed by atoms with Gasteiger partial charge >= 0.3 is 5.97 Å². The molecular weight excluding hydrogens is 282 g/mol. The number of hydrogen-bond acceptors (Lipinski definition) is 4. The number of nitrogens with zero attached hydrogens (tertiary/aromatic N) is 1. The summed E-state index contributed by atoms with van der Waals surface area (Å²) < 4.78 is 10.9. The Morgan fingerprint density at radius 2 is 2.18 bits per heavy atom. The number of ether oxygens (including phenoxy) is 2. The highest BCUT2D eigenvalue weighted by atomic mass is 16.5. The van der Waals surface area contributed by atoms with Gasteiger partial charge in [0.15, 0.2) is 11.5 Å². The van der Waals surface area contributed by atoms with Crippen molar-refractivity contribution in [1.82, 2.24) is 4.90 Å². The lowest BCUT2D eigenvalue weighted by molar-refractivity contribution is -0.142. The Balaban J connectivity index is 2.14. The van der Waals surface area contributed by atoms with Gasteiger partial charge < -0.3 is 14.6 Å². The van der Waals surface area contributed by atoms with Crippen molar-refractivity contribution in [3.63, 3.8) is 0 Å². The molecule has 1 aliphatic heterocycles. The normalized spacial score (nSPS) is 16.8. The molecule has 5 heteroatoms. The molecule has 1 aromatic rings. The minimum Gasteiger partial charge on any atom is -0.493 e.